The van der Waals surface area contributed by atoms with Crippen LogP contribution in [0, 0.1) is 0 Å². The minimum absolute atomic E-state index is 0.0266. The number of likely N-dealkylation sites (tertiary alicyclic amines) is 2. The SMILES string of the molecule is CCCCCCCCCC(N=[N+]=[N-])c1nc(N(CCCC)C2CC(C)(C)N(C)C(C)(C)C2)nc(N(CCCC)C2CC(C)(C)N(C)C(C)(C)C2)n1. The van der Waals surface area contributed by atoms with Crippen molar-refractivity contribution in [3.8, 4) is 0 Å². The second-order valence-electron chi connectivity index (χ2n) is 18.5. The first-order valence-electron chi connectivity index (χ1n) is 20.8. The number of hydrogen-bond acceptors (Lipinski definition) is 8. The molecule has 0 aromatic carbocycles. The summed E-state index contributed by atoms with van der Waals surface area (Å²) in [6, 6.07) is 0.155. The average molecular weight is 711 g/mol. The van der Waals surface area contributed by atoms with Crippen molar-refractivity contribution in [3.05, 3.63) is 16.3 Å². The van der Waals surface area contributed by atoms with Gasteiger partial charge in [-0.1, -0.05) is 83.7 Å². The van der Waals surface area contributed by atoms with Gasteiger partial charge in [-0.05, 0) is 120 Å². The van der Waals surface area contributed by atoms with E-state index in [1.165, 1.54) is 32.1 Å². The van der Waals surface area contributed by atoms with Gasteiger partial charge in [0, 0.05) is 52.2 Å². The van der Waals surface area contributed by atoms with Crippen LogP contribution in [0.15, 0.2) is 5.11 Å². The van der Waals surface area contributed by atoms with Gasteiger partial charge in [0.25, 0.3) is 0 Å². The summed E-state index contributed by atoms with van der Waals surface area (Å²) in [7, 11) is 4.55. The fourth-order valence-electron chi connectivity index (χ4n) is 9.00. The molecular weight excluding hydrogens is 633 g/mol. The zero-order valence-corrected chi connectivity index (χ0v) is 35.4. The molecule has 1 aromatic rings. The highest BCUT2D eigenvalue weighted by Crippen LogP contribution is 2.42. The number of anilines is 2. The fraction of sp³-hybridized carbons (Fsp3) is 0.927. The lowest BCUT2D eigenvalue weighted by Crippen LogP contribution is -2.63. The lowest BCUT2D eigenvalue weighted by atomic mass is 9.77. The molecule has 0 radical (unpaired) electrons. The molecule has 0 bridgehead atoms. The Morgan fingerprint density at radius 1 is 0.627 bits per heavy atom. The lowest BCUT2D eigenvalue weighted by Gasteiger charge is -2.56. The topological polar surface area (TPSA) is 100 Å². The number of aromatic nitrogens is 3. The summed E-state index contributed by atoms with van der Waals surface area (Å²) in [4.78, 5) is 29.6. The van der Waals surface area contributed by atoms with Gasteiger partial charge in [0.1, 0.15) is 5.82 Å². The zero-order valence-electron chi connectivity index (χ0n) is 35.4. The highest BCUT2D eigenvalue weighted by molar-refractivity contribution is 5.43. The van der Waals surface area contributed by atoms with Gasteiger partial charge in [-0.2, -0.15) is 15.0 Å². The summed E-state index contributed by atoms with van der Waals surface area (Å²) in [5.41, 5.74) is 9.94. The Hall–Kier alpha value is -2.16. The minimum atomic E-state index is -0.414. The lowest BCUT2D eigenvalue weighted by molar-refractivity contribution is -0.0130. The van der Waals surface area contributed by atoms with Crippen molar-refractivity contribution in [1.82, 2.24) is 24.8 Å². The molecule has 1 unspecified atom stereocenters. The van der Waals surface area contributed by atoms with Gasteiger partial charge in [0.05, 0.1) is 6.04 Å². The largest absolute Gasteiger partial charge is 0.338 e. The van der Waals surface area contributed by atoms with Crippen molar-refractivity contribution in [2.75, 3.05) is 37.0 Å². The van der Waals surface area contributed by atoms with Crippen molar-refractivity contribution in [2.24, 2.45) is 5.11 Å². The Bertz CT molecular complexity index is 1140. The molecule has 1 atom stereocenters. The van der Waals surface area contributed by atoms with Gasteiger partial charge < -0.3 is 9.80 Å². The molecule has 10 heteroatoms. The maximum atomic E-state index is 9.83. The van der Waals surface area contributed by atoms with Crippen LogP contribution in [-0.4, -0.2) is 86.2 Å². The first-order valence-corrected chi connectivity index (χ1v) is 20.8. The molecule has 0 N–H and O–H groups in total. The number of unbranched alkanes of at least 4 members (excludes halogenated alkanes) is 8. The number of hydrogen-bond donors (Lipinski definition) is 0. The molecule has 292 valence electrons. The van der Waals surface area contributed by atoms with E-state index in [1.54, 1.807) is 0 Å². The van der Waals surface area contributed by atoms with Crippen molar-refractivity contribution in [2.45, 2.75) is 219 Å². The standard InChI is InChI=1S/C41H78N10/c1-14-17-20-21-22-23-24-25-34(46-47-42)35-43-36(50(26-18-15-2)32-28-38(4,5)48(12)39(6,7)29-32)45-37(44-35)51(27-19-16-3)33-30-40(8,9)49(13)41(10,11)31-33/h32-34H,14-31H2,1-13H3. The molecule has 10 nitrogen and oxygen atoms in total. The van der Waals surface area contributed by atoms with E-state index in [0.717, 1.165) is 95.6 Å². The van der Waals surface area contributed by atoms with Gasteiger partial charge in [-0.25, -0.2) is 0 Å². The van der Waals surface area contributed by atoms with Crippen LogP contribution in [0.4, 0.5) is 11.9 Å². The molecule has 3 rings (SSSR count). The number of rotatable bonds is 20. The van der Waals surface area contributed by atoms with Gasteiger partial charge >= 0.3 is 0 Å². The van der Waals surface area contributed by atoms with E-state index in [-0.39, 0.29) is 34.2 Å². The molecule has 0 spiro atoms. The van der Waals surface area contributed by atoms with E-state index in [2.05, 4.69) is 120 Å². The molecule has 2 fully saturated rings. The summed E-state index contributed by atoms with van der Waals surface area (Å²) in [5.74, 6) is 2.16. The molecular formula is C41H78N10. The number of piperidine rings is 2. The molecule has 3 heterocycles. The Balaban J connectivity index is 2.17. The van der Waals surface area contributed by atoms with Crippen molar-refractivity contribution in [1.29, 1.82) is 0 Å². The van der Waals surface area contributed by atoms with Crippen molar-refractivity contribution < 1.29 is 0 Å². The quantitative estimate of drug-likeness (QED) is 0.0574. The summed E-state index contributed by atoms with van der Waals surface area (Å²) in [6.07, 6.45) is 17.7. The van der Waals surface area contributed by atoms with E-state index in [4.69, 9.17) is 15.0 Å². The monoisotopic (exact) mass is 711 g/mol. The normalized spacial score (nSPS) is 21.3. The van der Waals surface area contributed by atoms with E-state index < -0.39 is 6.04 Å². The predicted molar refractivity (Wildman–Crippen MR) is 217 cm³/mol. The van der Waals surface area contributed by atoms with Crippen LogP contribution in [0.1, 0.15) is 191 Å². The minimum Gasteiger partial charge on any atom is -0.338 e. The summed E-state index contributed by atoms with van der Waals surface area (Å²) in [6.45, 7) is 27.6. The van der Waals surface area contributed by atoms with Crippen molar-refractivity contribution >= 4 is 11.9 Å². The molecule has 2 aliphatic heterocycles. The van der Waals surface area contributed by atoms with E-state index in [1.807, 2.05) is 0 Å². The predicted octanol–water partition coefficient (Wildman–Crippen LogP) is 10.9. The van der Waals surface area contributed by atoms with Gasteiger partial charge in [-0.15, -0.1) is 0 Å². The van der Waals surface area contributed by atoms with Crippen LogP contribution in [0.5, 0.6) is 0 Å². The highest BCUT2D eigenvalue weighted by atomic mass is 15.4. The van der Waals surface area contributed by atoms with Crippen LogP contribution in [0.3, 0.4) is 0 Å². The second-order valence-corrected chi connectivity index (χ2v) is 18.5. The molecule has 2 aliphatic rings. The second kappa shape index (κ2) is 18.7. The molecule has 0 amide bonds. The molecule has 0 aliphatic carbocycles. The first kappa shape index (κ1) is 43.2. The van der Waals surface area contributed by atoms with E-state index in [0.29, 0.717) is 5.82 Å². The van der Waals surface area contributed by atoms with Gasteiger partial charge in [-0.3, -0.25) is 9.80 Å². The van der Waals surface area contributed by atoms with E-state index >= 15 is 0 Å². The van der Waals surface area contributed by atoms with Crippen molar-refractivity contribution in [3.63, 3.8) is 0 Å². The zero-order chi connectivity index (χ0) is 38.0. The molecule has 51 heavy (non-hydrogen) atoms. The number of azide groups is 1. The van der Waals surface area contributed by atoms with Crippen LogP contribution in [-0.2, 0) is 0 Å². The summed E-state index contributed by atoms with van der Waals surface area (Å²) >= 11 is 0. The van der Waals surface area contributed by atoms with Gasteiger partial charge in [0.15, 0.2) is 0 Å². The molecule has 2 saturated heterocycles. The van der Waals surface area contributed by atoms with Crippen LogP contribution in [0.2, 0.25) is 0 Å². The fourth-order valence-corrected chi connectivity index (χ4v) is 9.00. The Morgan fingerprint density at radius 2 is 1.00 bits per heavy atom. The Morgan fingerprint density at radius 3 is 1.37 bits per heavy atom. The Labute approximate surface area is 313 Å². The third-order valence-corrected chi connectivity index (χ3v) is 12.7. The summed E-state index contributed by atoms with van der Waals surface area (Å²) in [5, 5.41) is 4.38. The van der Waals surface area contributed by atoms with E-state index in [9.17, 15) is 5.53 Å². The van der Waals surface area contributed by atoms with Crippen LogP contribution >= 0.6 is 0 Å². The van der Waals surface area contributed by atoms with Crippen LogP contribution in [0.25, 0.3) is 10.4 Å². The maximum absolute atomic E-state index is 9.83. The molecule has 1 aromatic heterocycles. The smallest absolute Gasteiger partial charge is 0.230 e. The maximum Gasteiger partial charge on any atom is 0.230 e. The van der Waals surface area contributed by atoms with Gasteiger partial charge in [0.2, 0.25) is 11.9 Å². The average Bonchev–Trinajstić information content (AvgIpc) is 3.05. The first-order chi connectivity index (χ1) is 23.9. The highest BCUT2D eigenvalue weighted by Gasteiger charge is 2.47. The molecule has 0 saturated carbocycles. The third-order valence-electron chi connectivity index (χ3n) is 12.7. The van der Waals surface area contributed by atoms with Crippen LogP contribution < -0.4 is 9.80 Å². The third kappa shape index (κ3) is 11.4. The number of nitrogens with zero attached hydrogens (tertiary/aromatic N) is 10. The Kier molecular flexibility index (Phi) is 15.9. The summed E-state index contributed by atoms with van der Waals surface area (Å²) < 4.78 is 0.